The molecule has 0 radical (unpaired) electrons. The quantitative estimate of drug-likeness (QED) is 0.187. The molecule has 4 rings (SSSR count). The molecule has 0 spiro atoms. The van der Waals surface area contributed by atoms with Gasteiger partial charge < -0.3 is 37.7 Å². The third kappa shape index (κ3) is 7.78. The molecule has 12 heteroatoms. The van der Waals surface area contributed by atoms with Crippen molar-refractivity contribution in [2.24, 2.45) is 11.3 Å². The lowest BCUT2D eigenvalue weighted by Crippen LogP contribution is -2.29. The van der Waals surface area contributed by atoms with Crippen LogP contribution in [0.4, 0.5) is 0 Å². The van der Waals surface area contributed by atoms with Crippen molar-refractivity contribution in [1.29, 1.82) is 0 Å². The summed E-state index contributed by atoms with van der Waals surface area (Å²) in [4.78, 5) is 52.6. The second-order valence-corrected chi connectivity index (χ2v) is 10.3. The predicted octanol–water partition coefficient (Wildman–Crippen LogP) is 6.20. The summed E-state index contributed by atoms with van der Waals surface area (Å²) in [6, 6.07) is 6.50. The number of carbonyl (C=O) groups excluding carboxylic acids is 4. The summed E-state index contributed by atoms with van der Waals surface area (Å²) in [5.74, 6) is -2.16. The molecule has 12 nitrogen and oxygen atoms in total. The third-order valence-electron chi connectivity index (χ3n) is 5.38. The molecule has 2 atom stereocenters. The van der Waals surface area contributed by atoms with Crippen molar-refractivity contribution >= 4 is 46.1 Å². The number of carbonyl (C=O) groups is 4. The third-order valence-corrected chi connectivity index (χ3v) is 5.38. The molecule has 0 aliphatic heterocycles. The molecule has 0 aliphatic carbocycles. The molecule has 0 saturated carbocycles. The summed E-state index contributed by atoms with van der Waals surface area (Å²) >= 11 is 0. The highest BCUT2D eigenvalue weighted by Gasteiger charge is 2.27. The molecule has 0 amide bonds. The van der Waals surface area contributed by atoms with Crippen molar-refractivity contribution in [1.82, 2.24) is 9.97 Å². The summed E-state index contributed by atoms with van der Waals surface area (Å²) in [6.45, 7) is 12.0. The summed E-state index contributed by atoms with van der Waals surface area (Å²) in [6.07, 6.45) is 1.42. The molecule has 4 aromatic rings. The molecule has 0 saturated heterocycles. The first-order valence-electron chi connectivity index (χ1n) is 12.7. The Kier molecular flexibility index (Phi) is 9.46. The minimum atomic E-state index is -0.955. The highest BCUT2D eigenvalue weighted by Crippen LogP contribution is 2.20. The number of rotatable bonds is 8. The van der Waals surface area contributed by atoms with E-state index in [1.807, 2.05) is 0 Å². The van der Waals surface area contributed by atoms with E-state index in [2.05, 4.69) is 9.97 Å². The van der Waals surface area contributed by atoms with Crippen LogP contribution in [0.1, 0.15) is 78.7 Å². The molecule has 2 unspecified atom stereocenters. The van der Waals surface area contributed by atoms with Crippen LogP contribution in [0.25, 0.3) is 22.2 Å². The Hall–Kier alpha value is -4.48. The molecule has 0 fully saturated rings. The molecule has 0 bridgehead atoms. The number of ether oxygens (including phenoxy) is 4. The monoisotopic (exact) mass is 562 g/mol. The van der Waals surface area contributed by atoms with E-state index in [0.29, 0.717) is 22.2 Å². The normalized spacial score (nSPS) is 12.9. The van der Waals surface area contributed by atoms with E-state index >= 15 is 0 Å². The number of fused-ring (bicyclic) bond motifs is 2. The molecule has 4 aromatic heterocycles. The van der Waals surface area contributed by atoms with Crippen molar-refractivity contribution in [2.45, 2.75) is 67.5 Å². The Morgan fingerprint density at radius 2 is 1.32 bits per heavy atom. The number of aromatic nitrogens is 2. The van der Waals surface area contributed by atoms with Crippen molar-refractivity contribution in [3.05, 3.63) is 48.2 Å². The zero-order chi connectivity index (χ0) is 29.6. The Morgan fingerprint density at radius 3 is 1.75 bits per heavy atom. The second-order valence-electron chi connectivity index (χ2n) is 10.3. The largest absolute Gasteiger partial charge is 0.463 e. The lowest BCUT2D eigenvalue weighted by molar-refractivity contribution is -0.176. The van der Waals surface area contributed by atoms with Gasteiger partial charge in [0.05, 0.1) is 29.0 Å². The van der Waals surface area contributed by atoms with Crippen LogP contribution in [0.5, 0.6) is 0 Å². The van der Waals surface area contributed by atoms with Crippen molar-refractivity contribution in [3.63, 3.8) is 0 Å². The Balaban J connectivity index is 0.000000401. The lowest BCUT2D eigenvalue weighted by atomic mass is 9.97. The molecule has 4 heterocycles. The van der Waals surface area contributed by atoms with Crippen LogP contribution in [0, 0.1) is 11.3 Å². The van der Waals surface area contributed by atoms with Gasteiger partial charge in [-0.1, -0.05) is 20.8 Å². The van der Waals surface area contributed by atoms with Gasteiger partial charge in [0.2, 0.25) is 12.6 Å². The van der Waals surface area contributed by atoms with Gasteiger partial charge in [-0.25, -0.2) is 9.59 Å². The first-order chi connectivity index (χ1) is 18.8. The Bertz CT molecular complexity index is 1420. The van der Waals surface area contributed by atoms with Crippen LogP contribution in [0.2, 0.25) is 0 Å². The van der Waals surface area contributed by atoms with Gasteiger partial charge in [0.15, 0.2) is 11.2 Å². The fraction of sp³-hybridized carbons (Fsp3) is 0.429. The van der Waals surface area contributed by atoms with E-state index in [-0.39, 0.29) is 26.6 Å². The van der Waals surface area contributed by atoms with Crippen LogP contribution < -0.4 is 0 Å². The molecule has 0 aromatic carbocycles. The number of hydrogen-bond donors (Lipinski definition) is 2. The van der Waals surface area contributed by atoms with E-state index in [4.69, 9.17) is 27.8 Å². The topological polar surface area (TPSA) is 163 Å². The molecule has 2 N–H and O–H groups in total. The molecular weight excluding hydrogens is 524 g/mol. The van der Waals surface area contributed by atoms with Gasteiger partial charge in [-0.2, -0.15) is 0 Å². The van der Waals surface area contributed by atoms with Crippen LogP contribution in [0.3, 0.4) is 0 Å². The lowest BCUT2D eigenvalue weighted by Gasteiger charge is -2.20. The van der Waals surface area contributed by atoms with Crippen LogP contribution in [-0.4, -0.2) is 46.4 Å². The van der Waals surface area contributed by atoms with E-state index in [1.165, 1.54) is 25.5 Å². The second kappa shape index (κ2) is 12.6. The number of aromatic amines is 2. The summed E-state index contributed by atoms with van der Waals surface area (Å²) in [5.41, 5.74) is 2.42. The smallest absolute Gasteiger partial charge is 0.357 e. The molecule has 220 valence electrons. The Morgan fingerprint density at radius 1 is 0.825 bits per heavy atom. The number of nitrogens with one attached hydrogen (secondary N) is 2. The van der Waals surface area contributed by atoms with E-state index in [9.17, 15) is 19.2 Å². The zero-order valence-corrected chi connectivity index (χ0v) is 23.5. The Labute approximate surface area is 233 Å². The van der Waals surface area contributed by atoms with Crippen LogP contribution >= 0.6 is 0 Å². The van der Waals surface area contributed by atoms with Gasteiger partial charge >= 0.3 is 23.9 Å². The first kappa shape index (κ1) is 30.1. The van der Waals surface area contributed by atoms with E-state index in [0.717, 1.165) is 0 Å². The first-order valence-corrected chi connectivity index (χ1v) is 12.7. The van der Waals surface area contributed by atoms with Gasteiger partial charge in [0, 0.05) is 46.4 Å². The maximum absolute atomic E-state index is 12.0. The molecule has 40 heavy (non-hydrogen) atoms. The van der Waals surface area contributed by atoms with Crippen LogP contribution in [-0.2, 0) is 28.5 Å². The minimum Gasteiger partial charge on any atom is -0.463 e. The summed E-state index contributed by atoms with van der Waals surface area (Å²) < 4.78 is 30.7. The van der Waals surface area contributed by atoms with Gasteiger partial charge in [0.25, 0.3) is 0 Å². The maximum atomic E-state index is 12.0. The average Bonchev–Trinajstić information content (AvgIpc) is 3.63. The number of hydrogen-bond acceptors (Lipinski definition) is 10. The summed E-state index contributed by atoms with van der Waals surface area (Å²) in [5, 5.41) is 0. The van der Waals surface area contributed by atoms with Gasteiger partial charge in [-0.15, -0.1) is 0 Å². The predicted molar refractivity (Wildman–Crippen MR) is 146 cm³/mol. The average molecular weight is 563 g/mol. The standard InChI is InChI=1S/2C14H17NO5.2H2/c1-8(20-13(17)14(2,3)4)19-12(16)10-7-11-9(15-10)5-6-18-11;1-4-12(16)19-14(8(2)3)20-13(17)10-7-11-9(15-10)5-6-18-11;;/h5-8,15H,1-4H3;5-8,14-15H,4H2,1-3H3;2*1H. The molecule has 0 aliphatic rings. The zero-order valence-electron chi connectivity index (χ0n) is 23.5. The van der Waals surface area contributed by atoms with E-state index in [1.54, 1.807) is 59.7 Å². The highest BCUT2D eigenvalue weighted by atomic mass is 16.7. The van der Waals surface area contributed by atoms with Crippen molar-refractivity contribution < 1.29 is 49.8 Å². The van der Waals surface area contributed by atoms with E-state index < -0.39 is 41.9 Å². The van der Waals surface area contributed by atoms with Crippen molar-refractivity contribution in [2.75, 3.05) is 0 Å². The van der Waals surface area contributed by atoms with Gasteiger partial charge in [-0.3, -0.25) is 9.59 Å². The minimum absolute atomic E-state index is 0. The SMILES string of the molecule is CC(OC(=O)c1cc2occc2[nH]1)OC(=O)C(C)(C)C.CCC(=O)OC(OC(=O)c1cc2occc2[nH]1)C(C)C.[HH].[HH]. The van der Waals surface area contributed by atoms with Crippen molar-refractivity contribution in [3.8, 4) is 0 Å². The maximum Gasteiger partial charge on any atom is 0.357 e. The van der Waals surface area contributed by atoms with Crippen LogP contribution in [0.15, 0.2) is 45.6 Å². The fourth-order valence-corrected chi connectivity index (χ4v) is 3.16. The number of furan rings is 2. The molecular formula is C28H38N2O10. The van der Waals surface area contributed by atoms with Gasteiger partial charge in [0.1, 0.15) is 11.4 Å². The summed E-state index contributed by atoms with van der Waals surface area (Å²) in [7, 11) is 0. The fourth-order valence-electron chi connectivity index (χ4n) is 3.16. The number of esters is 4. The van der Waals surface area contributed by atoms with Gasteiger partial charge in [-0.05, 0) is 20.8 Å². The highest BCUT2D eigenvalue weighted by molar-refractivity contribution is 5.94. The number of H-pyrrole nitrogens is 2.